The van der Waals surface area contributed by atoms with E-state index in [0.717, 1.165) is 6.54 Å². The minimum absolute atomic E-state index is 0.0513. The first kappa shape index (κ1) is 9.96. The van der Waals surface area contributed by atoms with E-state index in [1.165, 1.54) is 11.1 Å². The molecule has 0 aliphatic rings. The highest BCUT2D eigenvalue weighted by Gasteiger charge is 1.97. The lowest BCUT2D eigenvalue weighted by Crippen LogP contribution is -2.18. The van der Waals surface area contributed by atoms with Crippen molar-refractivity contribution in [3.63, 3.8) is 0 Å². The zero-order valence-corrected chi connectivity index (χ0v) is 8.78. The van der Waals surface area contributed by atoms with Gasteiger partial charge in [0.05, 0.1) is 4.71 Å². The lowest BCUT2D eigenvalue weighted by Gasteiger charge is -2.08. The average molecular weight is 199 g/mol. The third-order valence-corrected chi connectivity index (χ3v) is 2.10. The molecule has 0 aliphatic heterocycles. The van der Waals surface area contributed by atoms with Crippen molar-refractivity contribution in [2.24, 2.45) is 0 Å². The summed E-state index contributed by atoms with van der Waals surface area (Å²) in [5.74, 6) is 0. The number of benzene rings is 1. The minimum Gasteiger partial charge on any atom is -0.293 e. The van der Waals surface area contributed by atoms with Crippen molar-refractivity contribution in [3.8, 4) is 0 Å². The van der Waals surface area contributed by atoms with Gasteiger partial charge < -0.3 is 0 Å². The number of nitrogens with one attached hydrogen (secondary N) is 1. The van der Waals surface area contributed by atoms with E-state index in [1.54, 1.807) is 0 Å². The van der Waals surface area contributed by atoms with E-state index in [1.807, 2.05) is 12.1 Å². The lowest BCUT2D eigenvalue weighted by atomic mass is 10.1. The van der Waals surface area contributed by atoms with Gasteiger partial charge in [-0.05, 0) is 18.1 Å². The van der Waals surface area contributed by atoms with E-state index in [0.29, 0.717) is 0 Å². The molecule has 0 fully saturated rings. The van der Waals surface area contributed by atoms with Gasteiger partial charge in [0.1, 0.15) is 0 Å². The molecule has 0 saturated carbocycles. The minimum atomic E-state index is -0.0513. The topological polar surface area (TPSA) is 12.0 Å². The number of thiol groups is 2. The average Bonchev–Trinajstić information content (AvgIpc) is 2.03. The summed E-state index contributed by atoms with van der Waals surface area (Å²) < 4.78 is -0.0513. The van der Waals surface area contributed by atoms with Crippen LogP contribution < -0.4 is 5.32 Å². The zero-order chi connectivity index (χ0) is 8.97. The molecule has 0 unspecified atom stereocenters. The Labute approximate surface area is 84.4 Å². The molecule has 66 valence electrons. The Balaban J connectivity index is 2.57. The SMILES string of the molecule is Cc1ccccc1CNC(S)S. The van der Waals surface area contributed by atoms with Gasteiger partial charge in [-0.15, -0.1) is 25.3 Å². The Kier molecular flexibility index (Phi) is 3.98. The van der Waals surface area contributed by atoms with Crippen LogP contribution in [0.4, 0.5) is 0 Å². The second-order valence-corrected chi connectivity index (χ2v) is 4.12. The van der Waals surface area contributed by atoms with Crippen LogP contribution in [0.15, 0.2) is 24.3 Å². The summed E-state index contributed by atoms with van der Waals surface area (Å²) in [4.78, 5) is 0. The number of rotatable bonds is 3. The molecule has 0 aliphatic carbocycles. The lowest BCUT2D eigenvalue weighted by molar-refractivity contribution is 0.769. The van der Waals surface area contributed by atoms with Crippen molar-refractivity contribution in [1.82, 2.24) is 5.32 Å². The van der Waals surface area contributed by atoms with Crippen molar-refractivity contribution in [2.75, 3.05) is 0 Å². The van der Waals surface area contributed by atoms with Crippen LogP contribution in [0.25, 0.3) is 0 Å². The Morgan fingerprint density at radius 1 is 1.33 bits per heavy atom. The Morgan fingerprint density at radius 3 is 2.58 bits per heavy atom. The predicted octanol–water partition coefficient (Wildman–Crippen LogP) is 2.23. The van der Waals surface area contributed by atoms with Crippen LogP contribution in [0.3, 0.4) is 0 Å². The quantitative estimate of drug-likeness (QED) is 0.501. The molecule has 0 heterocycles. The van der Waals surface area contributed by atoms with Gasteiger partial charge in [-0.25, -0.2) is 0 Å². The molecule has 1 aromatic carbocycles. The molecule has 0 amide bonds. The zero-order valence-electron chi connectivity index (χ0n) is 6.99. The van der Waals surface area contributed by atoms with E-state index in [2.05, 4.69) is 49.6 Å². The van der Waals surface area contributed by atoms with Gasteiger partial charge in [-0.3, -0.25) is 5.32 Å². The summed E-state index contributed by atoms with van der Waals surface area (Å²) in [6, 6.07) is 8.28. The summed E-state index contributed by atoms with van der Waals surface area (Å²) in [6.45, 7) is 2.92. The van der Waals surface area contributed by atoms with Crippen LogP contribution >= 0.6 is 25.3 Å². The van der Waals surface area contributed by atoms with E-state index < -0.39 is 0 Å². The maximum Gasteiger partial charge on any atom is 0.0947 e. The van der Waals surface area contributed by atoms with Crippen molar-refractivity contribution < 1.29 is 0 Å². The summed E-state index contributed by atoms with van der Waals surface area (Å²) in [5.41, 5.74) is 2.60. The van der Waals surface area contributed by atoms with Crippen molar-refractivity contribution >= 4 is 25.3 Å². The van der Waals surface area contributed by atoms with Crippen LogP contribution in [0.1, 0.15) is 11.1 Å². The van der Waals surface area contributed by atoms with Gasteiger partial charge in [-0.2, -0.15) is 0 Å². The van der Waals surface area contributed by atoms with Crippen LogP contribution in [0, 0.1) is 6.92 Å². The Bertz CT molecular complexity index is 248. The Hall–Kier alpha value is -0.120. The molecule has 0 saturated heterocycles. The third kappa shape index (κ3) is 3.09. The predicted molar refractivity (Wildman–Crippen MR) is 59.8 cm³/mol. The van der Waals surface area contributed by atoms with E-state index in [-0.39, 0.29) is 4.71 Å². The summed E-state index contributed by atoms with van der Waals surface area (Å²) in [6.07, 6.45) is 0. The fraction of sp³-hybridized carbons (Fsp3) is 0.333. The van der Waals surface area contributed by atoms with Crippen molar-refractivity contribution in [1.29, 1.82) is 0 Å². The van der Waals surface area contributed by atoms with Gasteiger partial charge in [0.25, 0.3) is 0 Å². The highest BCUT2D eigenvalue weighted by molar-refractivity contribution is 7.99. The molecule has 0 atom stereocenters. The normalized spacial score (nSPS) is 10.7. The second-order valence-electron chi connectivity index (χ2n) is 2.68. The molecule has 0 spiro atoms. The van der Waals surface area contributed by atoms with Gasteiger partial charge >= 0.3 is 0 Å². The molecule has 1 rings (SSSR count). The van der Waals surface area contributed by atoms with Crippen LogP contribution in [0.2, 0.25) is 0 Å². The standard InChI is InChI=1S/C9H13NS2/c1-7-4-2-3-5-8(7)6-10-9(11)12/h2-5,9-12H,6H2,1H3. The highest BCUT2D eigenvalue weighted by atomic mass is 32.2. The molecule has 0 aromatic heterocycles. The van der Waals surface area contributed by atoms with E-state index in [4.69, 9.17) is 0 Å². The molecule has 1 N–H and O–H groups in total. The number of hydrogen-bond donors (Lipinski definition) is 3. The second kappa shape index (κ2) is 4.80. The van der Waals surface area contributed by atoms with E-state index >= 15 is 0 Å². The van der Waals surface area contributed by atoms with Crippen molar-refractivity contribution in [2.45, 2.75) is 18.2 Å². The molecule has 12 heavy (non-hydrogen) atoms. The van der Waals surface area contributed by atoms with Gasteiger partial charge in [-0.1, -0.05) is 24.3 Å². The maximum atomic E-state index is 4.12. The molecule has 0 radical (unpaired) electrons. The summed E-state index contributed by atoms with van der Waals surface area (Å²) >= 11 is 8.23. The Morgan fingerprint density at radius 2 is 2.00 bits per heavy atom. The molecule has 0 bridgehead atoms. The fourth-order valence-corrected chi connectivity index (χ4v) is 1.19. The molecular formula is C9H13NS2. The van der Waals surface area contributed by atoms with Gasteiger partial charge in [0.15, 0.2) is 0 Å². The van der Waals surface area contributed by atoms with E-state index in [9.17, 15) is 0 Å². The highest BCUT2D eigenvalue weighted by Crippen LogP contribution is 2.07. The first-order chi connectivity index (χ1) is 5.70. The smallest absolute Gasteiger partial charge is 0.0947 e. The van der Waals surface area contributed by atoms with Crippen molar-refractivity contribution in [3.05, 3.63) is 35.4 Å². The van der Waals surface area contributed by atoms with Crippen LogP contribution in [-0.2, 0) is 6.54 Å². The monoisotopic (exact) mass is 199 g/mol. The third-order valence-electron chi connectivity index (χ3n) is 1.74. The number of aryl methyl sites for hydroxylation is 1. The first-order valence-corrected chi connectivity index (χ1v) is 4.87. The van der Waals surface area contributed by atoms with Crippen LogP contribution in [0.5, 0.6) is 0 Å². The fourth-order valence-electron chi connectivity index (χ4n) is 1.01. The first-order valence-electron chi connectivity index (χ1n) is 3.84. The molecular weight excluding hydrogens is 186 g/mol. The summed E-state index contributed by atoms with van der Waals surface area (Å²) in [5, 5.41) is 3.13. The largest absolute Gasteiger partial charge is 0.293 e. The number of hydrogen-bond acceptors (Lipinski definition) is 3. The molecule has 1 aromatic rings. The van der Waals surface area contributed by atoms with Gasteiger partial charge in [0, 0.05) is 6.54 Å². The molecule has 1 nitrogen and oxygen atoms in total. The molecule has 3 heteroatoms. The van der Waals surface area contributed by atoms with Gasteiger partial charge in [0.2, 0.25) is 0 Å². The summed E-state index contributed by atoms with van der Waals surface area (Å²) in [7, 11) is 0. The van der Waals surface area contributed by atoms with Crippen LogP contribution in [-0.4, -0.2) is 4.71 Å². The maximum absolute atomic E-state index is 4.12.